The molecule has 6 atom stereocenters. The van der Waals surface area contributed by atoms with Gasteiger partial charge in [-0.1, -0.05) is 26.7 Å². The SMILES string of the molecule is Cn1nccc1/C=C1\CC2C3CCC4CCCCC4(C)C3CCC2(C)C1=O. The Labute approximate surface area is 163 Å². The lowest BCUT2D eigenvalue weighted by molar-refractivity contribution is -0.137. The van der Waals surface area contributed by atoms with Gasteiger partial charge >= 0.3 is 0 Å². The van der Waals surface area contributed by atoms with Crippen LogP contribution in [-0.2, 0) is 11.8 Å². The van der Waals surface area contributed by atoms with Crippen LogP contribution in [0.1, 0.15) is 77.3 Å². The minimum atomic E-state index is -0.122. The summed E-state index contributed by atoms with van der Waals surface area (Å²) >= 11 is 0. The van der Waals surface area contributed by atoms with E-state index in [4.69, 9.17) is 0 Å². The van der Waals surface area contributed by atoms with Crippen molar-refractivity contribution in [3.05, 3.63) is 23.5 Å². The molecule has 0 spiro atoms. The number of hydrogen-bond donors (Lipinski definition) is 0. The van der Waals surface area contributed by atoms with E-state index in [0.717, 1.165) is 41.9 Å². The first kappa shape index (κ1) is 17.7. The van der Waals surface area contributed by atoms with Gasteiger partial charge in [0.05, 0.1) is 5.69 Å². The second-order valence-electron chi connectivity index (χ2n) is 10.4. The largest absolute Gasteiger partial charge is 0.294 e. The normalized spacial score (nSPS) is 45.4. The molecule has 0 saturated heterocycles. The number of allylic oxidation sites excluding steroid dienone is 1. The molecule has 1 aromatic rings. The molecule has 0 N–H and O–H groups in total. The van der Waals surface area contributed by atoms with E-state index in [9.17, 15) is 4.79 Å². The highest BCUT2D eigenvalue weighted by Crippen LogP contribution is 2.66. The molecule has 0 bridgehead atoms. The van der Waals surface area contributed by atoms with Crippen molar-refractivity contribution in [2.45, 2.75) is 71.6 Å². The quantitative estimate of drug-likeness (QED) is 0.622. The third-order valence-electron chi connectivity index (χ3n) is 9.40. The maximum Gasteiger partial charge on any atom is 0.165 e. The molecule has 146 valence electrons. The molecular weight excluding hydrogens is 332 g/mol. The van der Waals surface area contributed by atoms with Crippen LogP contribution >= 0.6 is 0 Å². The Balaban J connectivity index is 1.48. The van der Waals surface area contributed by atoms with E-state index >= 15 is 0 Å². The van der Waals surface area contributed by atoms with Crippen molar-refractivity contribution in [1.82, 2.24) is 9.78 Å². The number of Topliss-reactive ketones (excluding diaryl/α,β-unsaturated/α-hetero) is 1. The fraction of sp³-hybridized carbons (Fsp3) is 0.750. The van der Waals surface area contributed by atoms with Crippen LogP contribution in [0, 0.1) is 34.5 Å². The topological polar surface area (TPSA) is 34.9 Å². The molecule has 4 fully saturated rings. The molecular formula is C24H34N2O. The predicted molar refractivity (Wildman–Crippen MR) is 108 cm³/mol. The van der Waals surface area contributed by atoms with Gasteiger partial charge in [-0.05, 0) is 91.7 Å². The number of carbonyl (C=O) groups excluding carboxylic acids is 1. The smallest absolute Gasteiger partial charge is 0.165 e. The van der Waals surface area contributed by atoms with Crippen molar-refractivity contribution in [1.29, 1.82) is 0 Å². The van der Waals surface area contributed by atoms with Crippen LogP contribution in [0.15, 0.2) is 17.8 Å². The lowest BCUT2D eigenvalue weighted by Gasteiger charge is -2.59. The van der Waals surface area contributed by atoms with Crippen molar-refractivity contribution < 1.29 is 4.79 Å². The first-order valence-electron chi connectivity index (χ1n) is 11.2. The van der Waals surface area contributed by atoms with E-state index in [1.54, 1.807) is 0 Å². The van der Waals surface area contributed by atoms with Gasteiger partial charge in [0.25, 0.3) is 0 Å². The zero-order valence-corrected chi connectivity index (χ0v) is 17.2. The van der Waals surface area contributed by atoms with Crippen molar-refractivity contribution in [3.8, 4) is 0 Å². The molecule has 0 aliphatic heterocycles. The summed E-state index contributed by atoms with van der Waals surface area (Å²) in [5.74, 6) is 3.53. The molecule has 4 aliphatic rings. The Bertz CT molecular complexity index is 792. The van der Waals surface area contributed by atoms with Gasteiger partial charge < -0.3 is 0 Å². The van der Waals surface area contributed by atoms with Crippen molar-refractivity contribution >= 4 is 11.9 Å². The monoisotopic (exact) mass is 366 g/mol. The molecule has 1 heterocycles. The molecule has 6 unspecified atom stereocenters. The van der Waals surface area contributed by atoms with Gasteiger partial charge in [0.15, 0.2) is 5.78 Å². The van der Waals surface area contributed by atoms with Crippen LogP contribution in [0.5, 0.6) is 0 Å². The van der Waals surface area contributed by atoms with Crippen LogP contribution in [0.2, 0.25) is 0 Å². The predicted octanol–water partition coefficient (Wildman–Crippen LogP) is 5.42. The lowest BCUT2D eigenvalue weighted by Crippen LogP contribution is -2.52. The summed E-state index contributed by atoms with van der Waals surface area (Å²) in [5.41, 5.74) is 2.53. The maximum atomic E-state index is 13.4. The molecule has 3 heteroatoms. The van der Waals surface area contributed by atoms with Gasteiger partial charge in [-0.25, -0.2) is 0 Å². The Morgan fingerprint density at radius 1 is 1.11 bits per heavy atom. The van der Waals surface area contributed by atoms with Gasteiger partial charge in [-0.3, -0.25) is 9.48 Å². The highest BCUT2D eigenvalue weighted by atomic mass is 16.1. The van der Waals surface area contributed by atoms with E-state index in [2.05, 4.69) is 25.0 Å². The third kappa shape index (κ3) is 2.46. The average Bonchev–Trinajstić information content (AvgIpc) is 3.17. The van der Waals surface area contributed by atoms with Gasteiger partial charge in [0, 0.05) is 18.7 Å². The van der Waals surface area contributed by atoms with Crippen molar-refractivity contribution in [2.24, 2.45) is 41.5 Å². The number of rotatable bonds is 1. The first-order chi connectivity index (χ1) is 12.9. The van der Waals surface area contributed by atoms with Gasteiger partial charge in [0.1, 0.15) is 0 Å². The van der Waals surface area contributed by atoms with E-state index in [1.165, 1.54) is 44.9 Å². The second kappa shape index (κ2) is 6.06. The van der Waals surface area contributed by atoms with Gasteiger partial charge in [-0.15, -0.1) is 0 Å². The number of nitrogens with zero attached hydrogens (tertiary/aromatic N) is 2. The number of carbonyl (C=O) groups is 1. The summed E-state index contributed by atoms with van der Waals surface area (Å²) < 4.78 is 1.88. The number of aromatic nitrogens is 2. The number of ketones is 1. The highest BCUT2D eigenvalue weighted by Gasteiger charge is 2.60. The fourth-order valence-electron chi connectivity index (χ4n) is 7.80. The number of fused-ring (bicyclic) bond motifs is 5. The maximum absolute atomic E-state index is 13.4. The summed E-state index contributed by atoms with van der Waals surface area (Å²) in [6.07, 6.45) is 15.8. The fourth-order valence-corrected chi connectivity index (χ4v) is 7.80. The second-order valence-corrected chi connectivity index (χ2v) is 10.4. The van der Waals surface area contributed by atoms with Crippen LogP contribution < -0.4 is 0 Å². The summed E-state index contributed by atoms with van der Waals surface area (Å²) in [6.45, 7) is 4.90. The molecule has 27 heavy (non-hydrogen) atoms. The van der Waals surface area contributed by atoms with E-state index in [-0.39, 0.29) is 5.41 Å². The van der Waals surface area contributed by atoms with E-state index < -0.39 is 0 Å². The molecule has 5 rings (SSSR count). The Morgan fingerprint density at radius 3 is 2.74 bits per heavy atom. The number of hydrogen-bond acceptors (Lipinski definition) is 2. The summed E-state index contributed by atoms with van der Waals surface area (Å²) in [6, 6.07) is 2.02. The molecule has 4 saturated carbocycles. The number of aryl methyl sites for hydroxylation is 1. The summed E-state index contributed by atoms with van der Waals surface area (Å²) in [4.78, 5) is 13.4. The average molecular weight is 367 g/mol. The van der Waals surface area contributed by atoms with Crippen molar-refractivity contribution in [2.75, 3.05) is 0 Å². The van der Waals surface area contributed by atoms with E-state index in [1.807, 2.05) is 24.0 Å². The third-order valence-corrected chi connectivity index (χ3v) is 9.40. The van der Waals surface area contributed by atoms with Crippen molar-refractivity contribution in [3.63, 3.8) is 0 Å². The molecule has 0 aromatic carbocycles. The Hall–Kier alpha value is -1.38. The van der Waals surface area contributed by atoms with Crippen LogP contribution in [0.25, 0.3) is 6.08 Å². The van der Waals surface area contributed by atoms with Crippen LogP contribution in [-0.4, -0.2) is 15.6 Å². The molecule has 1 aromatic heterocycles. The summed E-state index contributed by atoms with van der Waals surface area (Å²) in [5, 5.41) is 4.27. The highest BCUT2D eigenvalue weighted by molar-refractivity contribution is 6.05. The Kier molecular flexibility index (Phi) is 3.97. The lowest BCUT2D eigenvalue weighted by atomic mass is 9.45. The zero-order valence-electron chi connectivity index (χ0n) is 17.2. The zero-order chi connectivity index (χ0) is 18.8. The van der Waals surface area contributed by atoms with Crippen LogP contribution in [0.3, 0.4) is 0 Å². The minimum absolute atomic E-state index is 0.122. The van der Waals surface area contributed by atoms with Crippen LogP contribution in [0.4, 0.5) is 0 Å². The molecule has 3 nitrogen and oxygen atoms in total. The minimum Gasteiger partial charge on any atom is -0.294 e. The molecule has 0 radical (unpaired) electrons. The van der Waals surface area contributed by atoms with Gasteiger partial charge in [-0.2, -0.15) is 5.10 Å². The van der Waals surface area contributed by atoms with Gasteiger partial charge in [0.2, 0.25) is 0 Å². The molecule has 4 aliphatic carbocycles. The van der Waals surface area contributed by atoms with E-state index in [0.29, 0.717) is 17.1 Å². The standard InChI is InChI=1S/C24H34N2O/c1-23-11-5-4-6-17(23)7-8-19-20(23)9-12-24(2)21(19)15-16(22(24)27)14-18-10-13-25-26(18)3/h10,13-14,17,19-21H,4-9,11-12,15H2,1-3H3/b16-14+. The summed E-state index contributed by atoms with van der Waals surface area (Å²) in [7, 11) is 1.96. The first-order valence-corrected chi connectivity index (χ1v) is 11.2. The molecule has 0 amide bonds. The Morgan fingerprint density at radius 2 is 1.96 bits per heavy atom.